The minimum absolute atomic E-state index is 0.186. The Labute approximate surface area is 131 Å². The highest BCUT2D eigenvalue weighted by molar-refractivity contribution is 8.00. The van der Waals surface area contributed by atoms with Gasteiger partial charge in [-0.05, 0) is 17.9 Å². The van der Waals surface area contributed by atoms with Gasteiger partial charge in [0.15, 0.2) is 0 Å². The largest absolute Gasteiger partial charge is 0.465 e. The van der Waals surface area contributed by atoms with Crippen molar-refractivity contribution in [2.75, 3.05) is 13.4 Å². The van der Waals surface area contributed by atoms with Crippen LogP contribution in [0.3, 0.4) is 0 Å². The number of carbonyl (C=O) groups is 2. The van der Waals surface area contributed by atoms with Crippen molar-refractivity contribution in [3.05, 3.63) is 52.4 Å². The molecule has 110 valence electrons. The zero-order valence-corrected chi connectivity index (χ0v) is 13.3. The van der Waals surface area contributed by atoms with Crippen LogP contribution in [0.15, 0.2) is 40.6 Å². The van der Waals surface area contributed by atoms with E-state index in [1.54, 1.807) is 6.07 Å². The van der Waals surface area contributed by atoms with Gasteiger partial charge in [0.05, 0.1) is 16.9 Å². The number of carbonyl (C=O) groups excluding carboxylic acids is 2. The normalized spacial score (nSPS) is 10.2. The SMILES string of the molecule is COC(=O)c1cc(C(=O)NCc2ccccc2)c(SC)s1. The molecule has 21 heavy (non-hydrogen) atoms. The summed E-state index contributed by atoms with van der Waals surface area (Å²) in [5.74, 6) is -0.605. The first-order valence-electron chi connectivity index (χ1n) is 6.24. The molecule has 1 heterocycles. The van der Waals surface area contributed by atoms with Crippen molar-refractivity contribution in [1.29, 1.82) is 0 Å². The zero-order valence-electron chi connectivity index (χ0n) is 11.7. The molecule has 0 aliphatic heterocycles. The van der Waals surface area contributed by atoms with Gasteiger partial charge in [-0.3, -0.25) is 4.79 Å². The summed E-state index contributed by atoms with van der Waals surface area (Å²) in [7, 11) is 1.33. The molecule has 0 aliphatic carbocycles. The fourth-order valence-electron chi connectivity index (χ4n) is 1.76. The molecule has 0 atom stereocenters. The molecule has 0 saturated heterocycles. The lowest BCUT2D eigenvalue weighted by molar-refractivity contribution is 0.0606. The molecule has 0 aliphatic rings. The molecule has 0 fully saturated rings. The van der Waals surface area contributed by atoms with Crippen LogP contribution in [0.4, 0.5) is 0 Å². The summed E-state index contributed by atoms with van der Waals surface area (Å²) in [6.07, 6.45) is 1.88. The van der Waals surface area contributed by atoms with Gasteiger partial charge < -0.3 is 10.1 Å². The first kappa shape index (κ1) is 15.6. The number of nitrogens with one attached hydrogen (secondary N) is 1. The van der Waals surface area contributed by atoms with Crippen LogP contribution in [0.1, 0.15) is 25.6 Å². The number of benzene rings is 1. The average Bonchev–Trinajstić information content (AvgIpc) is 2.97. The number of thioether (sulfide) groups is 1. The number of ether oxygens (including phenoxy) is 1. The van der Waals surface area contributed by atoms with E-state index in [0.29, 0.717) is 17.0 Å². The molecule has 0 saturated carbocycles. The standard InChI is InChI=1S/C15H15NO3S2/c1-19-14(18)12-8-11(15(20-2)21-12)13(17)16-9-10-6-4-3-5-7-10/h3-8H,9H2,1-2H3,(H,16,17). The number of hydrogen-bond donors (Lipinski definition) is 1. The zero-order chi connectivity index (χ0) is 15.2. The third kappa shape index (κ3) is 3.86. The molecule has 1 amide bonds. The summed E-state index contributed by atoms with van der Waals surface area (Å²) in [6.45, 7) is 0.455. The Kier molecular flexibility index (Phi) is 5.41. The molecule has 4 nitrogen and oxygen atoms in total. The van der Waals surface area contributed by atoms with Crippen LogP contribution in [0.25, 0.3) is 0 Å². The molecular weight excluding hydrogens is 306 g/mol. The van der Waals surface area contributed by atoms with Crippen LogP contribution in [-0.4, -0.2) is 25.2 Å². The summed E-state index contributed by atoms with van der Waals surface area (Å²) in [6, 6.07) is 11.3. The second kappa shape index (κ2) is 7.28. The van der Waals surface area contributed by atoms with E-state index in [9.17, 15) is 9.59 Å². The van der Waals surface area contributed by atoms with Crippen molar-refractivity contribution in [3.63, 3.8) is 0 Å². The van der Waals surface area contributed by atoms with E-state index in [-0.39, 0.29) is 5.91 Å². The van der Waals surface area contributed by atoms with Crippen LogP contribution in [0.2, 0.25) is 0 Å². The van der Waals surface area contributed by atoms with Crippen LogP contribution in [0, 0.1) is 0 Å². The number of methoxy groups -OCH3 is 1. The van der Waals surface area contributed by atoms with Crippen molar-refractivity contribution in [2.24, 2.45) is 0 Å². The van der Waals surface area contributed by atoms with Crippen LogP contribution < -0.4 is 5.32 Å². The van der Waals surface area contributed by atoms with Crippen molar-refractivity contribution in [3.8, 4) is 0 Å². The molecule has 1 N–H and O–H groups in total. The molecule has 2 aromatic rings. The summed E-state index contributed by atoms with van der Waals surface area (Å²) in [4.78, 5) is 24.2. The molecule has 0 bridgehead atoms. The predicted octanol–water partition coefficient (Wildman–Crippen LogP) is 3.19. The summed E-state index contributed by atoms with van der Waals surface area (Å²) < 4.78 is 5.50. The number of hydrogen-bond acceptors (Lipinski definition) is 5. The molecule has 0 radical (unpaired) electrons. The van der Waals surface area contributed by atoms with Gasteiger partial charge in [-0.2, -0.15) is 0 Å². The highest BCUT2D eigenvalue weighted by Crippen LogP contribution is 2.31. The van der Waals surface area contributed by atoms with Crippen LogP contribution in [-0.2, 0) is 11.3 Å². The number of esters is 1. The maximum absolute atomic E-state index is 12.3. The van der Waals surface area contributed by atoms with Gasteiger partial charge in [-0.1, -0.05) is 30.3 Å². The number of thiophene rings is 1. The average molecular weight is 321 g/mol. The quantitative estimate of drug-likeness (QED) is 0.679. The number of amides is 1. The molecule has 1 aromatic heterocycles. The van der Waals surface area contributed by atoms with E-state index in [2.05, 4.69) is 10.1 Å². The summed E-state index contributed by atoms with van der Waals surface area (Å²) in [5.41, 5.74) is 1.55. The lowest BCUT2D eigenvalue weighted by Gasteiger charge is -2.05. The van der Waals surface area contributed by atoms with Gasteiger partial charge in [-0.25, -0.2) is 4.79 Å². The fourth-order valence-corrected chi connectivity index (χ4v) is 3.54. The molecule has 0 unspecified atom stereocenters. The molecular formula is C15H15NO3S2. The van der Waals surface area contributed by atoms with Crippen LogP contribution >= 0.6 is 23.1 Å². The van der Waals surface area contributed by atoms with E-state index in [1.165, 1.54) is 30.2 Å². The van der Waals surface area contributed by atoms with Gasteiger partial charge in [-0.15, -0.1) is 23.1 Å². The lowest BCUT2D eigenvalue weighted by Crippen LogP contribution is -2.22. The Morgan fingerprint density at radius 2 is 2.00 bits per heavy atom. The maximum atomic E-state index is 12.3. The lowest BCUT2D eigenvalue weighted by atomic mass is 10.2. The van der Waals surface area contributed by atoms with Gasteiger partial charge in [0, 0.05) is 6.54 Å². The Morgan fingerprint density at radius 1 is 1.29 bits per heavy atom. The van der Waals surface area contributed by atoms with Gasteiger partial charge in [0.2, 0.25) is 0 Å². The third-order valence-corrected chi connectivity index (χ3v) is 5.06. The topological polar surface area (TPSA) is 55.4 Å². The Hall–Kier alpha value is -1.79. The van der Waals surface area contributed by atoms with Gasteiger partial charge in [0.25, 0.3) is 5.91 Å². The Bertz CT molecular complexity index is 638. The van der Waals surface area contributed by atoms with E-state index >= 15 is 0 Å². The third-order valence-electron chi connectivity index (χ3n) is 2.81. The van der Waals surface area contributed by atoms with Crippen molar-refractivity contribution in [1.82, 2.24) is 5.32 Å². The highest BCUT2D eigenvalue weighted by Gasteiger charge is 2.19. The second-order valence-electron chi connectivity index (χ2n) is 4.18. The molecule has 0 spiro atoms. The summed E-state index contributed by atoms with van der Waals surface area (Å²) in [5, 5.41) is 2.86. The first-order chi connectivity index (χ1) is 10.2. The van der Waals surface area contributed by atoms with E-state index < -0.39 is 5.97 Å². The van der Waals surface area contributed by atoms with Gasteiger partial charge >= 0.3 is 5.97 Å². The molecule has 2 rings (SSSR count). The fraction of sp³-hybridized carbons (Fsp3) is 0.200. The van der Waals surface area contributed by atoms with Gasteiger partial charge in [0.1, 0.15) is 4.88 Å². The monoisotopic (exact) mass is 321 g/mol. The number of rotatable bonds is 5. The Morgan fingerprint density at radius 3 is 2.62 bits per heavy atom. The maximum Gasteiger partial charge on any atom is 0.348 e. The van der Waals surface area contributed by atoms with Crippen molar-refractivity contribution in [2.45, 2.75) is 10.8 Å². The smallest absolute Gasteiger partial charge is 0.348 e. The highest BCUT2D eigenvalue weighted by atomic mass is 32.2. The Balaban J connectivity index is 2.11. The summed E-state index contributed by atoms with van der Waals surface area (Å²) >= 11 is 2.71. The predicted molar refractivity (Wildman–Crippen MR) is 85.1 cm³/mol. The van der Waals surface area contributed by atoms with E-state index in [4.69, 9.17) is 0 Å². The second-order valence-corrected chi connectivity index (χ2v) is 6.30. The molecule has 1 aromatic carbocycles. The van der Waals surface area contributed by atoms with E-state index in [1.807, 2.05) is 36.6 Å². The minimum atomic E-state index is -0.419. The van der Waals surface area contributed by atoms with Crippen molar-refractivity contribution >= 4 is 35.0 Å². The van der Waals surface area contributed by atoms with Crippen molar-refractivity contribution < 1.29 is 14.3 Å². The van der Waals surface area contributed by atoms with Crippen LogP contribution in [0.5, 0.6) is 0 Å². The molecule has 6 heteroatoms. The van der Waals surface area contributed by atoms with E-state index in [0.717, 1.165) is 9.77 Å². The minimum Gasteiger partial charge on any atom is -0.465 e. The first-order valence-corrected chi connectivity index (χ1v) is 8.28.